The lowest BCUT2D eigenvalue weighted by Crippen LogP contribution is -2.46. The van der Waals surface area contributed by atoms with Crippen molar-refractivity contribution in [2.24, 2.45) is 5.41 Å². The van der Waals surface area contributed by atoms with Crippen LogP contribution in [0.15, 0.2) is 15.9 Å². The molecule has 0 saturated heterocycles. The number of thiophene rings is 1. The predicted molar refractivity (Wildman–Crippen MR) is 78.6 cm³/mol. The highest BCUT2D eigenvalue weighted by atomic mass is 79.9. The molecule has 1 aliphatic rings. The number of halogens is 1. The van der Waals surface area contributed by atoms with E-state index in [0.29, 0.717) is 5.41 Å². The van der Waals surface area contributed by atoms with E-state index in [1.165, 1.54) is 34.5 Å². The molecular weight excluding hydrogens is 296 g/mol. The summed E-state index contributed by atoms with van der Waals surface area (Å²) in [7, 11) is 4.31. The number of rotatable bonds is 6. The fourth-order valence-corrected chi connectivity index (χ4v) is 4.34. The van der Waals surface area contributed by atoms with Crippen molar-refractivity contribution in [1.82, 2.24) is 10.2 Å². The molecule has 0 aliphatic heterocycles. The summed E-state index contributed by atoms with van der Waals surface area (Å²) < 4.78 is 1.23. The normalized spacial score (nSPS) is 18.4. The van der Waals surface area contributed by atoms with Crippen LogP contribution in [0.1, 0.15) is 24.1 Å². The molecule has 0 atom stereocenters. The second-order valence-electron chi connectivity index (χ2n) is 5.26. The van der Waals surface area contributed by atoms with Crippen molar-refractivity contribution >= 4 is 27.3 Å². The zero-order chi connectivity index (χ0) is 12.3. The number of hydrogen-bond acceptors (Lipinski definition) is 3. The van der Waals surface area contributed by atoms with Crippen molar-refractivity contribution in [3.63, 3.8) is 0 Å². The van der Waals surface area contributed by atoms with Crippen LogP contribution in [0.4, 0.5) is 0 Å². The third kappa shape index (κ3) is 3.53. The Morgan fingerprint density at radius 3 is 2.71 bits per heavy atom. The van der Waals surface area contributed by atoms with Crippen LogP contribution in [0.25, 0.3) is 0 Å². The van der Waals surface area contributed by atoms with Gasteiger partial charge in [0.15, 0.2) is 0 Å². The zero-order valence-corrected chi connectivity index (χ0v) is 13.0. The summed E-state index contributed by atoms with van der Waals surface area (Å²) in [6, 6.07) is 4.36. The standard InChI is InChI=1S/C13H21BrN2S/c1-15-9-13(6-3-7-13)10-16(2)8-11-4-5-12(14)17-11/h4-5,15H,3,6-10H2,1-2H3. The molecule has 2 rings (SSSR count). The Morgan fingerprint density at radius 1 is 1.47 bits per heavy atom. The van der Waals surface area contributed by atoms with Gasteiger partial charge in [0.25, 0.3) is 0 Å². The highest BCUT2D eigenvalue weighted by Gasteiger charge is 2.37. The maximum atomic E-state index is 3.52. The lowest BCUT2D eigenvalue weighted by atomic mass is 9.68. The van der Waals surface area contributed by atoms with E-state index in [9.17, 15) is 0 Å². The van der Waals surface area contributed by atoms with Crippen LogP contribution in [0.2, 0.25) is 0 Å². The molecule has 0 bridgehead atoms. The molecule has 0 radical (unpaired) electrons. The van der Waals surface area contributed by atoms with Gasteiger partial charge in [0.1, 0.15) is 0 Å². The van der Waals surface area contributed by atoms with Crippen molar-refractivity contribution in [3.8, 4) is 0 Å². The van der Waals surface area contributed by atoms with Gasteiger partial charge in [-0.05, 0) is 60.4 Å². The molecule has 1 aromatic rings. The Labute approximate surface area is 117 Å². The molecule has 1 aromatic heterocycles. The molecule has 96 valence electrons. The van der Waals surface area contributed by atoms with Crippen LogP contribution in [-0.2, 0) is 6.54 Å². The van der Waals surface area contributed by atoms with E-state index in [1.54, 1.807) is 0 Å². The second kappa shape index (κ2) is 5.83. The largest absolute Gasteiger partial charge is 0.319 e. The molecule has 0 amide bonds. The molecular formula is C13H21BrN2S. The summed E-state index contributed by atoms with van der Waals surface area (Å²) in [6.45, 7) is 3.44. The predicted octanol–water partition coefficient (Wildman–Crippen LogP) is 3.33. The quantitative estimate of drug-likeness (QED) is 0.866. The first-order chi connectivity index (χ1) is 8.13. The summed E-state index contributed by atoms with van der Waals surface area (Å²) in [5.41, 5.74) is 0.540. The Balaban J connectivity index is 1.85. The molecule has 1 saturated carbocycles. The van der Waals surface area contributed by atoms with Gasteiger partial charge in [-0.15, -0.1) is 11.3 Å². The monoisotopic (exact) mass is 316 g/mol. The summed E-state index contributed by atoms with van der Waals surface area (Å²) in [5.74, 6) is 0. The fraction of sp³-hybridized carbons (Fsp3) is 0.692. The van der Waals surface area contributed by atoms with E-state index in [4.69, 9.17) is 0 Å². The molecule has 0 unspecified atom stereocenters. The van der Waals surface area contributed by atoms with Gasteiger partial charge in [0, 0.05) is 24.5 Å². The minimum Gasteiger partial charge on any atom is -0.319 e. The summed E-state index contributed by atoms with van der Waals surface area (Å²) in [6.07, 6.45) is 4.17. The molecule has 0 spiro atoms. The van der Waals surface area contributed by atoms with E-state index >= 15 is 0 Å². The third-order valence-electron chi connectivity index (χ3n) is 3.63. The molecule has 2 nitrogen and oxygen atoms in total. The minimum atomic E-state index is 0.540. The van der Waals surface area contributed by atoms with Crippen molar-refractivity contribution < 1.29 is 0 Å². The lowest BCUT2D eigenvalue weighted by Gasteiger charge is -2.44. The number of nitrogens with zero attached hydrogens (tertiary/aromatic N) is 1. The minimum absolute atomic E-state index is 0.540. The molecule has 1 aliphatic carbocycles. The van der Waals surface area contributed by atoms with Crippen LogP contribution in [0, 0.1) is 5.41 Å². The Hall–Kier alpha value is 0.1000. The summed E-state index contributed by atoms with van der Waals surface area (Å²) in [5, 5.41) is 3.35. The van der Waals surface area contributed by atoms with Gasteiger partial charge >= 0.3 is 0 Å². The first-order valence-corrected chi connectivity index (χ1v) is 7.82. The number of hydrogen-bond donors (Lipinski definition) is 1. The van der Waals surface area contributed by atoms with E-state index in [1.807, 2.05) is 11.3 Å². The van der Waals surface area contributed by atoms with Gasteiger partial charge < -0.3 is 10.2 Å². The van der Waals surface area contributed by atoms with Crippen LogP contribution in [0.3, 0.4) is 0 Å². The Kier molecular flexibility index (Phi) is 4.64. The van der Waals surface area contributed by atoms with Gasteiger partial charge in [-0.1, -0.05) is 6.42 Å². The molecule has 0 aromatic carbocycles. The van der Waals surface area contributed by atoms with E-state index in [2.05, 4.69) is 52.4 Å². The van der Waals surface area contributed by atoms with Gasteiger partial charge in [-0.2, -0.15) is 0 Å². The van der Waals surface area contributed by atoms with Crippen LogP contribution in [-0.4, -0.2) is 32.1 Å². The summed E-state index contributed by atoms with van der Waals surface area (Å²) in [4.78, 5) is 3.91. The molecule has 1 heterocycles. The van der Waals surface area contributed by atoms with E-state index in [0.717, 1.165) is 13.1 Å². The maximum Gasteiger partial charge on any atom is 0.0701 e. The van der Waals surface area contributed by atoms with Gasteiger partial charge in [0.2, 0.25) is 0 Å². The Bertz CT molecular complexity index is 360. The van der Waals surface area contributed by atoms with Gasteiger partial charge in [-0.25, -0.2) is 0 Å². The van der Waals surface area contributed by atoms with Crippen LogP contribution in [0.5, 0.6) is 0 Å². The SMILES string of the molecule is CNCC1(CN(C)Cc2ccc(Br)s2)CCC1. The first kappa shape index (κ1) is 13.5. The molecule has 4 heteroatoms. The second-order valence-corrected chi connectivity index (χ2v) is 7.81. The van der Waals surface area contributed by atoms with Gasteiger partial charge in [-0.3, -0.25) is 0 Å². The molecule has 1 fully saturated rings. The lowest BCUT2D eigenvalue weighted by molar-refractivity contribution is 0.0772. The van der Waals surface area contributed by atoms with Crippen molar-refractivity contribution in [1.29, 1.82) is 0 Å². The van der Waals surface area contributed by atoms with Crippen LogP contribution < -0.4 is 5.32 Å². The Morgan fingerprint density at radius 2 is 2.24 bits per heavy atom. The van der Waals surface area contributed by atoms with Crippen molar-refractivity contribution in [3.05, 3.63) is 20.8 Å². The third-order valence-corrected chi connectivity index (χ3v) is 5.23. The first-order valence-electron chi connectivity index (χ1n) is 6.21. The maximum absolute atomic E-state index is 3.52. The summed E-state index contributed by atoms with van der Waals surface area (Å²) >= 11 is 5.36. The van der Waals surface area contributed by atoms with Crippen LogP contribution >= 0.6 is 27.3 Å². The molecule has 1 N–H and O–H groups in total. The fourth-order valence-electron chi connectivity index (χ4n) is 2.77. The smallest absolute Gasteiger partial charge is 0.0701 e. The average Bonchev–Trinajstić information content (AvgIpc) is 2.61. The average molecular weight is 317 g/mol. The van der Waals surface area contributed by atoms with Gasteiger partial charge in [0.05, 0.1) is 3.79 Å². The van der Waals surface area contributed by atoms with Crippen molar-refractivity contribution in [2.75, 3.05) is 27.2 Å². The highest BCUT2D eigenvalue weighted by molar-refractivity contribution is 9.11. The number of nitrogens with one attached hydrogen (secondary N) is 1. The molecule has 17 heavy (non-hydrogen) atoms. The van der Waals surface area contributed by atoms with E-state index in [-0.39, 0.29) is 0 Å². The van der Waals surface area contributed by atoms with Crippen molar-refractivity contribution in [2.45, 2.75) is 25.8 Å². The topological polar surface area (TPSA) is 15.3 Å². The highest BCUT2D eigenvalue weighted by Crippen LogP contribution is 2.41. The van der Waals surface area contributed by atoms with E-state index < -0.39 is 0 Å². The zero-order valence-electron chi connectivity index (χ0n) is 10.6.